The highest BCUT2D eigenvalue weighted by Gasteiger charge is 2.25. The maximum Gasteiger partial charge on any atom is 0.254 e. The first-order valence-electron chi connectivity index (χ1n) is 11.6. The number of amides is 1. The minimum absolute atomic E-state index is 0.0598. The smallest absolute Gasteiger partial charge is 0.254 e. The van der Waals surface area contributed by atoms with Crippen molar-refractivity contribution in [2.45, 2.75) is 38.8 Å². The van der Waals surface area contributed by atoms with E-state index >= 15 is 0 Å². The molecule has 0 saturated heterocycles. The predicted molar refractivity (Wildman–Crippen MR) is 133 cm³/mol. The van der Waals surface area contributed by atoms with E-state index in [2.05, 4.69) is 69.8 Å². The van der Waals surface area contributed by atoms with Crippen molar-refractivity contribution >= 4 is 23.4 Å². The Labute approximate surface area is 199 Å². The summed E-state index contributed by atoms with van der Waals surface area (Å²) >= 11 is 0. The summed E-state index contributed by atoms with van der Waals surface area (Å²) in [6.07, 6.45) is 4.37. The molecule has 1 aliphatic heterocycles. The van der Waals surface area contributed by atoms with E-state index < -0.39 is 5.91 Å². The quantitative estimate of drug-likeness (QED) is 0.517. The van der Waals surface area contributed by atoms with E-state index in [0.717, 1.165) is 43.8 Å². The zero-order valence-electron chi connectivity index (χ0n) is 19.8. The number of methoxy groups -OCH3 is 1. The fourth-order valence-electron chi connectivity index (χ4n) is 4.88. The van der Waals surface area contributed by atoms with Crippen molar-refractivity contribution in [1.29, 1.82) is 0 Å². The number of benzene rings is 2. The van der Waals surface area contributed by atoms with Gasteiger partial charge in [-0.25, -0.2) is 4.98 Å². The van der Waals surface area contributed by atoms with E-state index in [0.29, 0.717) is 11.8 Å². The molecular formula is C26H30N6O2. The number of aryl methyl sites for hydroxylation is 2. The molecule has 0 fully saturated rings. The number of nitrogens with one attached hydrogen (secondary N) is 2. The van der Waals surface area contributed by atoms with Crippen molar-refractivity contribution in [3.63, 3.8) is 0 Å². The second-order valence-electron chi connectivity index (χ2n) is 9.19. The van der Waals surface area contributed by atoms with Gasteiger partial charge in [0.05, 0.1) is 24.4 Å². The number of rotatable bonds is 6. The summed E-state index contributed by atoms with van der Waals surface area (Å²) in [5.74, 6) is 0.977. The van der Waals surface area contributed by atoms with Crippen LogP contribution in [0.15, 0.2) is 36.5 Å². The molecule has 1 atom stereocenters. The van der Waals surface area contributed by atoms with Gasteiger partial charge in [0.2, 0.25) is 5.95 Å². The van der Waals surface area contributed by atoms with Gasteiger partial charge in [0, 0.05) is 19.3 Å². The van der Waals surface area contributed by atoms with E-state index in [9.17, 15) is 4.79 Å². The first-order chi connectivity index (χ1) is 16.4. The predicted octanol–water partition coefficient (Wildman–Crippen LogP) is 3.72. The van der Waals surface area contributed by atoms with Crippen LogP contribution in [0.5, 0.6) is 5.75 Å². The Morgan fingerprint density at radius 1 is 1.18 bits per heavy atom. The molecule has 8 nitrogen and oxygen atoms in total. The van der Waals surface area contributed by atoms with Crippen LogP contribution in [0.25, 0.3) is 0 Å². The number of carbonyl (C=O) groups is 1. The first kappa shape index (κ1) is 22.2. The second-order valence-corrected chi connectivity index (χ2v) is 9.19. The lowest BCUT2D eigenvalue weighted by Gasteiger charge is -2.26. The van der Waals surface area contributed by atoms with E-state index in [4.69, 9.17) is 10.5 Å². The Kier molecular flexibility index (Phi) is 5.83. The highest BCUT2D eigenvalue weighted by Crippen LogP contribution is 2.36. The Hall–Kier alpha value is -3.65. The molecular weight excluding hydrogens is 428 g/mol. The van der Waals surface area contributed by atoms with E-state index in [1.807, 2.05) is 0 Å². The van der Waals surface area contributed by atoms with Crippen LogP contribution in [0.2, 0.25) is 0 Å². The van der Waals surface area contributed by atoms with Crippen LogP contribution >= 0.6 is 0 Å². The van der Waals surface area contributed by atoms with Gasteiger partial charge in [-0.1, -0.05) is 23.8 Å². The van der Waals surface area contributed by atoms with Gasteiger partial charge in [-0.3, -0.25) is 4.79 Å². The lowest BCUT2D eigenvalue weighted by molar-refractivity contribution is 0.100. The van der Waals surface area contributed by atoms with Crippen molar-refractivity contribution in [2.24, 2.45) is 5.73 Å². The summed E-state index contributed by atoms with van der Waals surface area (Å²) in [5, 5.41) is 6.75. The average Bonchev–Trinajstić information content (AvgIpc) is 3.20. The number of fused-ring (bicyclic) bond motifs is 2. The molecule has 0 saturated carbocycles. The lowest BCUT2D eigenvalue weighted by atomic mass is 9.99. The topological polar surface area (TPSA) is 105 Å². The van der Waals surface area contributed by atoms with Gasteiger partial charge in [0.15, 0.2) is 0 Å². The van der Waals surface area contributed by atoms with Gasteiger partial charge in [0.1, 0.15) is 11.6 Å². The molecule has 0 bridgehead atoms. The molecule has 1 aromatic heterocycles. The molecule has 176 valence electrons. The van der Waals surface area contributed by atoms with Crippen molar-refractivity contribution in [2.75, 3.05) is 31.3 Å². The summed E-state index contributed by atoms with van der Waals surface area (Å²) in [5.41, 5.74) is 13.0. The van der Waals surface area contributed by atoms with Gasteiger partial charge < -0.3 is 26.0 Å². The molecule has 0 radical (unpaired) electrons. The van der Waals surface area contributed by atoms with Crippen LogP contribution in [-0.2, 0) is 19.4 Å². The highest BCUT2D eigenvalue weighted by atomic mass is 16.5. The minimum Gasteiger partial charge on any atom is -0.495 e. The molecule has 2 aliphatic rings. The van der Waals surface area contributed by atoms with Crippen molar-refractivity contribution in [1.82, 2.24) is 14.9 Å². The van der Waals surface area contributed by atoms with Crippen LogP contribution < -0.4 is 21.1 Å². The molecule has 1 aliphatic carbocycles. The van der Waals surface area contributed by atoms with Crippen LogP contribution in [0.1, 0.15) is 50.6 Å². The third-order valence-electron chi connectivity index (χ3n) is 6.72. The standard InChI is InChI=1S/C26H30N6O2/c1-15-4-5-16-6-7-21(19(16)10-15)29-25-20(24(27)33)13-28-26(31-25)30-22-11-18-14-32(2)9-8-17(18)12-23(22)34-3/h4-5,10-13,21H,6-9,14H2,1-3H3,(H2,27,33)(H2,28,29,30,31). The van der Waals surface area contributed by atoms with E-state index in [1.54, 1.807) is 7.11 Å². The number of nitrogens with zero attached hydrogens (tertiary/aromatic N) is 3. The zero-order chi connectivity index (χ0) is 23.8. The van der Waals surface area contributed by atoms with Crippen LogP contribution in [0.4, 0.5) is 17.5 Å². The molecule has 3 aromatic rings. The molecule has 2 aromatic carbocycles. The molecule has 1 unspecified atom stereocenters. The zero-order valence-corrected chi connectivity index (χ0v) is 19.8. The number of hydrogen-bond donors (Lipinski definition) is 3. The molecule has 8 heteroatoms. The third kappa shape index (κ3) is 4.28. The summed E-state index contributed by atoms with van der Waals surface area (Å²) < 4.78 is 5.64. The number of likely N-dealkylation sites (N-methyl/N-ethyl adjacent to an activating group) is 1. The second kappa shape index (κ2) is 8.95. The Bertz CT molecular complexity index is 1260. The minimum atomic E-state index is -0.564. The van der Waals surface area contributed by atoms with Crippen molar-refractivity contribution in [3.05, 3.63) is 69.9 Å². The number of ether oxygens (including phenoxy) is 1. The van der Waals surface area contributed by atoms with Crippen LogP contribution in [-0.4, -0.2) is 41.5 Å². The number of aromatic nitrogens is 2. The van der Waals surface area contributed by atoms with Crippen molar-refractivity contribution in [3.8, 4) is 5.75 Å². The number of primary amides is 1. The molecule has 2 heterocycles. The van der Waals surface area contributed by atoms with Crippen molar-refractivity contribution < 1.29 is 9.53 Å². The van der Waals surface area contributed by atoms with Gasteiger partial charge >= 0.3 is 0 Å². The fourth-order valence-corrected chi connectivity index (χ4v) is 4.88. The molecule has 1 amide bonds. The number of anilines is 3. The molecule has 34 heavy (non-hydrogen) atoms. The average molecular weight is 459 g/mol. The van der Waals surface area contributed by atoms with Gasteiger partial charge in [-0.2, -0.15) is 4.98 Å². The first-order valence-corrected chi connectivity index (χ1v) is 11.6. The monoisotopic (exact) mass is 458 g/mol. The number of carbonyl (C=O) groups excluding carboxylic acids is 1. The van der Waals surface area contributed by atoms with E-state index in [1.165, 1.54) is 34.0 Å². The van der Waals surface area contributed by atoms with Crippen LogP contribution in [0, 0.1) is 6.92 Å². The molecule has 0 spiro atoms. The summed E-state index contributed by atoms with van der Waals surface area (Å²) in [4.78, 5) is 23.4. The maximum absolute atomic E-state index is 12.1. The molecule has 4 N–H and O–H groups in total. The fraction of sp³-hybridized carbons (Fsp3) is 0.346. The molecule has 5 rings (SSSR count). The Morgan fingerprint density at radius 3 is 2.82 bits per heavy atom. The number of hydrogen-bond acceptors (Lipinski definition) is 7. The number of nitrogens with two attached hydrogens (primary N) is 1. The maximum atomic E-state index is 12.1. The van der Waals surface area contributed by atoms with Gasteiger partial charge in [-0.05, 0) is 67.6 Å². The largest absolute Gasteiger partial charge is 0.495 e. The summed E-state index contributed by atoms with van der Waals surface area (Å²) in [6, 6.07) is 10.7. The van der Waals surface area contributed by atoms with E-state index in [-0.39, 0.29) is 11.6 Å². The lowest BCUT2D eigenvalue weighted by Crippen LogP contribution is -2.26. The SMILES string of the molecule is COc1cc2c(cc1Nc1ncc(C(N)=O)c(NC3CCc4ccc(C)cc43)n1)CN(C)CC2. The van der Waals surface area contributed by atoms with Gasteiger partial charge in [-0.15, -0.1) is 0 Å². The highest BCUT2D eigenvalue weighted by molar-refractivity contribution is 5.97. The Morgan fingerprint density at radius 2 is 2.03 bits per heavy atom. The summed E-state index contributed by atoms with van der Waals surface area (Å²) in [7, 11) is 3.78. The van der Waals surface area contributed by atoms with Crippen LogP contribution in [0.3, 0.4) is 0 Å². The third-order valence-corrected chi connectivity index (χ3v) is 6.72. The normalized spacial score (nSPS) is 17.1. The Balaban J connectivity index is 1.46. The van der Waals surface area contributed by atoms with Gasteiger partial charge in [0.25, 0.3) is 5.91 Å². The summed E-state index contributed by atoms with van der Waals surface area (Å²) in [6.45, 7) is 3.99.